The van der Waals surface area contributed by atoms with Gasteiger partial charge in [0, 0.05) is 0 Å². The van der Waals surface area contributed by atoms with Crippen LogP contribution < -0.4 is 0 Å². The zero-order chi connectivity index (χ0) is 17.2. The summed E-state index contributed by atoms with van der Waals surface area (Å²) in [5, 5.41) is 0. The van der Waals surface area contributed by atoms with E-state index in [9.17, 15) is 9.59 Å². The van der Waals surface area contributed by atoms with Crippen molar-refractivity contribution in [2.75, 3.05) is 13.2 Å². The highest BCUT2D eigenvalue weighted by Gasteiger charge is 2.40. The van der Waals surface area contributed by atoms with Crippen molar-refractivity contribution in [2.45, 2.75) is 73.6 Å². The minimum absolute atomic E-state index is 0.118. The van der Waals surface area contributed by atoms with Crippen LogP contribution in [0.15, 0.2) is 0 Å². The molecular weight excluding hydrogens is 280 g/mol. The van der Waals surface area contributed by atoms with Crippen molar-refractivity contribution in [2.24, 2.45) is 17.3 Å². The standard InChI is InChI=1S/C18H34O4/c1-7-9-10-18(8-2,17(20)22-13-15(5)6)11-16(19)21-12-14(3)4/h14-15H,7-13H2,1-6H3. The fraction of sp³-hybridized carbons (Fsp3) is 0.889. The van der Waals surface area contributed by atoms with E-state index in [0.29, 0.717) is 32.0 Å². The molecule has 0 aliphatic rings. The van der Waals surface area contributed by atoms with Crippen LogP contribution in [0.3, 0.4) is 0 Å². The van der Waals surface area contributed by atoms with Crippen LogP contribution in [0.2, 0.25) is 0 Å². The second-order valence-corrected chi connectivity index (χ2v) is 6.98. The zero-order valence-electron chi connectivity index (χ0n) is 15.2. The van der Waals surface area contributed by atoms with E-state index in [2.05, 4.69) is 6.92 Å². The van der Waals surface area contributed by atoms with Gasteiger partial charge in [0.25, 0.3) is 0 Å². The van der Waals surface area contributed by atoms with Crippen LogP contribution in [-0.2, 0) is 19.1 Å². The summed E-state index contributed by atoms with van der Waals surface area (Å²) in [7, 11) is 0. The van der Waals surface area contributed by atoms with Crippen LogP contribution >= 0.6 is 0 Å². The van der Waals surface area contributed by atoms with E-state index in [1.165, 1.54) is 0 Å². The lowest BCUT2D eigenvalue weighted by Crippen LogP contribution is -2.36. The maximum Gasteiger partial charge on any atom is 0.312 e. The number of rotatable bonds is 11. The minimum Gasteiger partial charge on any atom is -0.465 e. The fourth-order valence-corrected chi connectivity index (χ4v) is 2.21. The van der Waals surface area contributed by atoms with Crippen LogP contribution in [0.1, 0.15) is 73.6 Å². The lowest BCUT2D eigenvalue weighted by Gasteiger charge is -2.30. The van der Waals surface area contributed by atoms with E-state index >= 15 is 0 Å². The Morgan fingerprint density at radius 1 is 0.955 bits per heavy atom. The molecule has 0 spiro atoms. The van der Waals surface area contributed by atoms with Gasteiger partial charge in [-0.3, -0.25) is 9.59 Å². The van der Waals surface area contributed by atoms with Gasteiger partial charge in [-0.1, -0.05) is 54.4 Å². The number of ether oxygens (including phenoxy) is 2. The lowest BCUT2D eigenvalue weighted by atomic mass is 9.77. The Balaban J connectivity index is 4.89. The zero-order valence-corrected chi connectivity index (χ0v) is 15.2. The van der Waals surface area contributed by atoms with Crippen molar-refractivity contribution in [1.82, 2.24) is 0 Å². The smallest absolute Gasteiger partial charge is 0.312 e. The van der Waals surface area contributed by atoms with E-state index in [1.807, 2.05) is 34.6 Å². The van der Waals surface area contributed by atoms with Crippen molar-refractivity contribution >= 4 is 11.9 Å². The molecule has 0 aromatic rings. The lowest BCUT2D eigenvalue weighted by molar-refractivity contribution is -0.165. The molecule has 0 saturated carbocycles. The van der Waals surface area contributed by atoms with Gasteiger partial charge in [-0.2, -0.15) is 0 Å². The summed E-state index contributed by atoms with van der Waals surface area (Å²) < 4.78 is 10.7. The Morgan fingerprint density at radius 3 is 1.95 bits per heavy atom. The predicted molar refractivity (Wildman–Crippen MR) is 88.5 cm³/mol. The molecule has 0 N–H and O–H groups in total. The second-order valence-electron chi connectivity index (χ2n) is 6.98. The molecule has 0 aromatic carbocycles. The Morgan fingerprint density at radius 2 is 1.50 bits per heavy atom. The first kappa shape index (κ1) is 20.9. The maximum atomic E-state index is 12.6. The third-order valence-electron chi connectivity index (χ3n) is 3.73. The molecule has 1 unspecified atom stereocenters. The number of carbonyl (C=O) groups excluding carboxylic acids is 2. The minimum atomic E-state index is -0.737. The average molecular weight is 314 g/mol. The highest BCUT2D eigenvalue weighted by Crippen LogP contribution is 2.35. The van der Waals surface area contributed by atoms with Gasteiger partial charge in [-0.25, -0.2) is 0 Å². The van der Waals surface area contributed by atoms with E-state index in [4.69, 9.17) is 9.47 Å². The van der Waals surface area contributed by atoms with Gasteiger partial charge in [0.1, 0.15) is 0 Å². The first-order valence-corrected chi connectivity index (χ1v) is 8.60. The van der Waals surface area contributed by atoms with Gasteiger partial charge in [-0.15, -0.1) is 0 Å². The molecule has 0 rings (SSSR count). The highest BCUT2D eigenvalue weighted by atomic mass is 16.5. The van der Waals surface area contributed by atoms with Gasteiger partial charge in [0.2, 0.25) is 0 Å². The number of hydrogen-bond donors (Lipinski definition) is 0. The summed E-state index contributed by atoms with van der Waals surface area (Å²) in [5.74, 6) is 0.0351. The van der Waals surface area contributed by atoms with Crippen LogP contribution in [0.4, 0.5) is 0 Å². The van der Waals surface area contributed by atoms with Crippen LogP contribution in [0.25, 0.3) is 0 Å². The molecule has 0 radical (unpaired) electrons. The normalized spacial score (nSPS) is 14.0. The molecule has 4 heteroatoms. The molecule has 4 nitrogen and oxygen atoms in total. The van der Waals surface area contributed by atoms with Gasteiger partial charge in [0.15, 0.2) is 0 Å². The maximum absolute atomic E-state index is 12.6. The van der Waals surface area contributed by atoms with E-state index < -0.39 is 5.41 Å². The van der Waals surface area contributed by atoms with Crippen molar-refractivity contribution in [1.29, 1.82) is 0 Å². The predicted octanol–water partition coefficient (Wildman–Crippen LogP) is 4.36. The monoisotopic (exact) mass is 314 g/mol. The summed E-state index contributed by atoms with van der Waals surface area (Å²) in [6, 6.07) is 0. The first-order chi connectivity index (χ1) is 10.3. The molecule has 1 atom stereocenters. The SMILES string of the molecule is CCCCC(CC)(CC(=O)OCC(C)C)C(=O)OCC(C)C. The fourth-order valence-electron chi connectivity index (χ4n) is 2.21. The van der Waals surface area contributed by atoms with Crippen molar-refractivity contribution < 1.29 is 19.1 Å². The van der Waals surface area contributed by atoms with Crippen LogP contribution in [-0.4, -0.2) is 25.2 Å². The van der Waals surface area contributed by atoms with Gasteiger partial charge < -0.3 is 9.47 Å². The van der Waals surface area contributed by atoms with E-state index in [-0.39, 0.29) is 24.3 Å². The van der Waals surface area contributed by atoms with Crippen LogP contribution in [0, 0.1) is 17.3 Å². The summed E-state index contributed by atoms with van der Waals surface area (Å²) in [4.78, 5) is 24.6. The first-order valence-electron chi connectivity index (χ1n) is 8.60. The van der Waals surface area contributed by atoms with Crippen molar-refractivity contribution in [3.05, 3.63) is 0 Å². The van der Waals surface area contributed by atoms with Crippen molar-refractivity contribution in [3.63, 3.8) is 0 Å². The Kier molecular flexibility index (Phi) is 10.1. The van der Waals surface area contributed by atoms with Gasteiger partial charge in [0.05, 0.1) is 25.0 Å². The molecule has 0 amide bonds. The number of carbonyl (C=O) groups is 2. The largest absolute Gasteiger partial charge is 0.465 e. The Bertz CT molecular complexity index is 336. The molecule has 0 aliphatic heterocycles. The highest BCUT2D eigenvalue weighted by molar-refractivity contribution is 5.83. The summed E-state index contributed by atoms with van der Waals surface area (Å²) in [5.41, 5.74) is -0.737. The summed E-state index contributed by atoms with van der Waals surface area (Å²) in [6.07, 6.45) is 3.28. The quantitative estimate of drug-likeness (QED) is 0.532. The van der Waals surface area contributed by atoms with Crippen LogP contribution in [0.5, 0.6) is 0 Å². The molecule has 0 bridgehead atoms. The molecule has 0 aliphatic carbocycles. The van der Waals surface area contributed by atoms with Gasteiger partial charge >= 0.3 is 11.9 Å². The molecule has 130 valence electrons. The molecule has 0 fully saturated rings. The van der Waals surface area contributed by atoms with Crippen molar-refractivity contribution in [3.8, 4) is 0 Å². The topological polar surface area (TPSA) is 52.6 Å². The average Bonchev–Trinajstić information content (AvgIpc) is 2.46. The third kappa shape index (κ3) is 7.81. The molecule has 22 heavy (non-hydrogen) atoms. The Hall–Kier alpha value is -1.06. The molecule has 0 aromatic heterocycles. The summed E-state index contributed by atoms with van der Waals surface area (Å²) >= 11 is 0. The van der Waals surface area contributed by atoms with E-state index in [0.717, 1.165) is 12.8 Å². The Labute approximate surface area is 135 Å². The second kappa shape index (κ2) is 10.6. The molecule has 0 heterocycles. The number of esters is 2. The third-order valence-corrected chi connectivity index (χ3v) is 3.73. The summed E-state index contributed by atoms with van der Waals surface area (Å²) in [6.45, 7) is 12.8. The number of hydrogen-bond acceptors (Lipinski definition) is 4. The van der Waals surface area contributed by atoms with E-state index in [1.54, 1.807) is 0 Å². The molecular formula is C18H34O4. The molecule has 0 saturated heterocycles. The van der Waals surface area contributed by atoms with Gasteiger partial charge in [-0.05, 0) is 24.7 Å². The number of unbranched alkanes of at least 4 members (excludes halogenated alkanes) is 1.